The molecule has 5 rings (SSSR count). The molecule has 166 valence electrons. The number of nitrogens with one attached hydrogen (secondary N) is 1. The van der Waals surface area contributed by atoms with Gasteiger partial charge in [-0.2, -0.15) is 5.10 Å². The molecule has 1 aromatic heterocycles. The molecule has 1 N–H and O–H groups in total. The van der Waals surface area contributed by atoms with E-state index in [9.17, 15) is 4.79 Å². The van der Waals surface area contributed by atoms with Gasteiger partial charge in [0.1, 0.15) is 11.4 Å². The summed E-state index contributed by atoms with van der Waals surface area (Å²) >= 11 is 0. The fourth-order valence-electron chi connectivity index (χ4n) is 4.45. The first kappa shape index (κ1) is 20.2. The molecule has 0 unspecified atom stereocenters. The predicted molar refractivity (Wildman–Crippen MR) is 117 cm³/mol. The number of carbonyl (C=O) groups excluding carboxylic acids is 1. The largest absolute Gasteiger partial charge is 0.487 e. The number of benzene rings is 1. The van der Waals surface area contributed by atoms with E-state index >= 15 is 0 Å². The smallest absolute Gasteiger partial charge is 0.276 e. The summed E-state index contributed by atoms with van der Waals surface area (Å²) in [7, 11) is 0. The van der Waals surface area contributed by atoms with Crippen molar-refractivity contribution in [1.82, 2.24) is 9.78 Å². The maximum Gasteiger partial charge on any atom is 0.276 e. The summed E-state index contributed by atoms with van der Waals surface area (Å²) in [6.07, 6.45) is 0.802. The second kappa shape index (κ2) is 7.15. The highest BCUT2D eigenvalue weighted by atomic mass is 16.5. The number of fused-ring (bicyclic) bond motifs is 2. The van der Waals surface area contributed by atoms with Crippen LogP contribution in [-0.4, -0.2) is 54.2 Å². The lowest BCUT2D eigenvalue weighted by Gasteiger charge is -2.31. The van der Waals surface area contributed by atoms with Gasteiger partial charge in [0, 0.05) is 42.6 Å². The highest BCUT2D eigenvalue weighted by molar-refractivity contribution is 6.05. The molecule has 1 saturated heterocycles. The fraction of sp³-hybridized carbons (Fsp3) is 0.565. The summed E-state index contributed by atoms with van der Waals surface area (Å²) in [5, 5.41) is 7.60. The van der Waals surface area contributed by atoms with Crippen LogP contribution in [0.4, 0.5) is 11.4 Å². The van der Waals surface area contributed by atoms with E-state index in [0.29, 0.717) is 31.4 Å². The minimum Gasteiger partial charge on any atom is -0.487 e. The molecule has 0 bridgehead atoms. The van der Waals surface area contributed by atoms with Gasteiger partial charge in [0.15, 0.2) is 5.69 Å². The minimum absolute atomic E-state index is 0.0109. The quantitative estimate of drug-likeness (QED) is 0.813. The summed E-state index contributed by atoms with van der Waals surface area (Å²) in [5.41, 5.74) is 2.93. The number of nitrogens with zero attached hydrogens (tertiary/aromatic N) is 3. The van der Waals surface area contributed by atoms with Gasteiger partial charge < -0.3 is 24.4 Å². The molecule has 2 aromatic rings. The summed E-state index contributed by atoms with van der Waals surface area (Å²) in [4.78, 5) is 15.4. The fourth-order valence-corrected chi connectivity index (χ4v) is 4.45. The van der Waals surface area contributed by atoms with Gasteiger partial charge in [-0.05, 0) is 19.9 Å². The molecular weight excluding hydrogens is 396 g/mol. The van der Waals surface area contributed by atoms with Crippen molar-refractivity contribution >= 4 is 17.3 Å². The van der Waals surface area contributed by atoms with Crippen molar-refractivity contribution in [2.24, 2.45) is 5.41 Å². The number of morpholine rings is 1. The number of aromatic nitrogens is 2. The zero-order chi connectivity index (χ0) is 21.8. The average Bonchev–Trinajstić information content (AvgIpc) is 3.25. The molecule has 1 amide bonds. The van der Waals surface area contributed by atoms with Gasteiger partial charge >= 0.3 is 0 Å². The van der Waals surface area contributed by atoms with Crippen LogP contribution in [0.25, 0.3) is 0 Å². The van der Waals surface area contributed by atoms with E-state index < -0.39 is 0 Å². The Morgan fingerprint density at radius 1 is 1.13 bits per heavy atom. The average molecular weight is 427 g/mol. The van der Waals surface area contributed by atoms with Crippen LogP contribution in [-0.2, 0) is 17.7 Å². The lowest BCUT2D eigenvalue weighted by Crippen LogP contribution is -2.36. The van der Waals surface area contributed by atoms with Gasteiger partial charge in [-0.15, -0.1) is 0 Å². The molecule has 1 fully saturated rings. The molecule has 3 aliphatic rings. The normalized spacial score (nSPS) is 21.0. The molecule has 8 heteroatoms. The van der Waals surface area contributed by atoms with E-state index in [2.05, 4.69) is 49.1 Å². The Balaban J connectivity index is 1.44. The first-order valence-electron chi connectivity index (χ1n) is 10.9. The number of hydrogen-bond acceptors (Lipinski definition) is 6. The molecule has 0 atom stereocenters. The molecular formula is C23H30N4O4. The Hall–Kier alpha value is -2.74. The molecule has 4 heterocycles. The number of ether oxygens (including phenoxy) is 3. The third-order valence-corrected chi connectivity index (χ3v) is 5.95. The molecule has 8 nitrogen and oxygen atoms in total. The second-order valence-electron chi connectivity index (χ2n) is 10.0. The van der Waals surface area contributed by atoms with Crippen LogP contribution in [0.3, 0.4) is 0 Å². The lowest BCUT2D eigenvalue weighted by molar-refractivity contribution is 0.0985. The summed E-state index contributed by atoms with van der Waals surface area (Å²) < 4.78 is 19.2. The molecule has 3 aliphatic heterocycles. The second-order valence-corrected chi connectivity index (χ2v) is 10.0. The number of carbonyl (C=O) groups is 1. The summed E-state index contributed by atoms with van der Waals surface area (Å²) in [5.74, 6) is 1.29. The van der Waals surface area contributed by atoms with E-state index in [1.54, 1.807) is 10.7 Å². The third kappa shape index (κ3) is 3.96. The van der Waals surface area contributed by atoms with E-state index in [-0.39, 0.29) is 16.9 Å². The number of rotatable bonds is 3. The van der Waals surface area contributed by atoms with Crippen molar-refractivity contribution in [3.05, 3.63) is 29.5 Å². The Morgan fingerprint density at radius 2 is 1.90 bits per heavy atom. The molecule has 0 saturated carbocycles. The van der Waals surface area contributed by atoms with Crippen molar-refractivity contribution < 1.29 is 19.0 Å². The topological polar surface area (TPSA) is 77.8 Å². The van der Waals surface area contributed by atoms with Crippen LogP contribution >= 0.6 is 0 Å². The Bertz CT molecular complexity index is 1020. The lowest BCUT2D eigenvalue weighted by atomic mass is 9.94. The Kier molecular flexibility index (Phi) is 4.66. The van der Waals surface area contributed by atoms with E-state index in [1.165, 1.54) is 0 Å². The third-order valence-electron chi connectivity index (χ3n) is 5.95. The van der Waals surface area contributed by atoms with Crippen molar-refractivity contribution in [2.75, 3.05) is 43.1 Å². The summed E-state index contributed by atoms with van der Waals surface area (Å²) in [6.45, 7) is 12.6. The van der Waals surface area contributed by atoms with Crippen molar-refractivity contribution in [3.8, 4) is 11.6 Å². The van der Waals surface area contributed by atoms with Crippen LogP contribution in [0.2, 0.25) is 0 Å². The maximum absolute atomic E-state index is 13.1. The predicted octanol–water partition coefficient (Wildman–Crippen LogP) is 3.10. The molecule has 0 aliphatic carbocycles. The number of anilines is 2. The van der Waals surface area contributed by atoms with Gasteiger partial charge in [-0.3, -0.25) is 4.79 Å². The summed E-state index contributed by atoms with van der Waals surface area (Å²) in [6, 6.07) is 5.82. The Labute approximate surface area is 182 Å². The van der Waals surface area contributed by atoms with Crippen molar-refractivity contribution in [1.29, 1.82) is 0 Å². The first-order chi connectivity index (χ1) is 14.7. The highest BCUT2D eigenvalue weighted by Crippen LogP contribution is 2.42. The van der Waals surface area contributed by atoms with E-state index in [4.69, 9.17) is 14.2 Å². The van der Waals surface area contributed by atoms with Crippen LogP contribution < -0.4 is 19.7 Å². The SMILES string of the molecule is CC1(C)COc2cc(C(=O)Nc3cc4c(cc3N3CCOCC3)OC(C)(C)C4)nn2C1. The zero-order valence-electron chi connectivity index (χ0n) is 18.7. The minimum atomic E-state index is -0.250. The maximum atomic E-state index is 13.1. The molecule has 31 heavy (non-hydrogen) atoms. The van der Waals surface area contributed by atoms with Gasteiger partial charge in [0.25, 0.3) is 5.91 Å². The Morgan fingerprint density at radius 3 is 2.68 bits per heavy atom. The van der Waals surface area contributed by atoms with Crippen LogP contribution in [0.1, 0.15) is 43.7 Å². The first-order valence-corrected chi connectivity index (χ1v) is 10.9. The van der Waals surface area contributed by atoms with Crippen molar-refractivity contribution in [3.63, 3.8) is 0 Å². The van der Waals surface area contributed by atoms with E-state index in [0.717, 1.165) is 48.7 Å². The van der Waals surface area contributed by atoms with Gasteiger partial charge in [-0.25, -0.2) is 4.68 Å². The van der Waals surface area contributed by atoms with Crippen LogP contribution in [0.5, 0.6) is 11.6 Å². The van der Waals surface area contributed by atoms with Crippen LogP contribution in [0, 0.1) is 5.41 Å². The van der Waals surface area contributed by atoms with Gasteiger partial charge in [0.2, 0.25) is 5.88 Å². The van der Waals surface area contributed by atoms with Gasteiger partial charge in [-0.1, -0.05) is 13.8 Å². The molecule has 0 radical (unpaired) electrons. The zero-order valence-corrected chi connectivity index (χ0v) is 18.7. The monoisotopic (exact) mass is 426 g/mol. The van der Waals surface area contributed by atoms with Crippen LogP contribution in [0.15, 0.2) is 18.2 Å². The molecule has 0 spiro atoms. The van der Waals surface area contributed by atoms with Crippen molar-refractivity contribution in [2.45, 2.75) is 46.3 Å². The standard InChI is InChI=1S/C23H30N4O4/c1-22(2)13-27-20(30-14-22)10-17(25-27)21(28)24-16-9-15-12-23(3,4)31-19(15)11-18(16)26-5-7-29-8-6-26/h9-11H,5-8,12-14H2,1-4H3,(H,24,28). The number of hydrogen-bond donors (Lipinski definition) is 1. The highest BCUT2D eigenvalue weighted by Gasteiger charge is 2.33. The van der Waals surface area contributed by atoms with Gasteiger partial charge in [0.05, 0.1) is 37.7 Å². The number of amides is 1. The molecule has 1 aromatic carbocycles. The van der Waals surface area contributed by atoms with E-state index in [1.807, 2.05) is 6.07 Å².